The van der Waals surface area contributed by atoms with Crippen molar-refractivity contribution >= 4 is 17.3 Å². The van der Waals surface area contributed by atoms with E-state index in [0.717, 1.165) is 43.0 Å². The van der Waals surface area contributed by atoms with Crippen LogP contribution in [0, 0.1) is 6.92 Å². The van der Waals surface area contributed by atoms with E-state index >= 15 is 0 Å². The van der Waals surface area contributed by atoms with Crippen LogP contribution in [0.5, 0.6) is 0 Å². The molecule has 10 nitrogen and oxygen atoms in total. The van der Waals surface area contributed by atoms with Crippen molar-refractivity contribution in [3.8, 4) is 11.6 Å². The van der Waals surface area contributed by atoms with Crippen LogP contribution in [-0.4, -0.2) is 46.9 Å². The van der Waals surface area contributed by atoms with Crippen LogP contribution in [0.25, 0.3) is 17.2 Å². The van der Waals surface area contributed by atoms with Gasteiger partial charge in [-0.2, -0.15) is 9.61 Å². The number of nitrogen functional groups attached to an aromatic ring is 1. The molecule has 0 aromatic carbocycles. The number of hydrogen-bond acceptors (Lipinski definition) is 8. The van der Waals surface area contributed by atoms with E-state index in [0.29, 0.717) is 23.3 Å². The summed E-state index contributed by atoms with van der Waals surface area (Å²) < 4.78 is 8.99. The lowest BCUT2D eigenvalue weighted by atomic mass is 9.92. The molecule has 1 fully saturated rings. The van der Waals surface area contributed by atoms with Gasteiger partial charge in [0.15, 0.2) is 11.5 Å². The number of aryl methyl sites for hydroxylation is 2. The fourth-order valence-corrected chi connectivity index (χ4v) is 4.16. The highest BCUT2D eigenvalue weighted by atomic mass is 16.3. The fourth-order valence-electron chi connectivity index (χ4n) is 4.16. The van der Waals surface area contributed by atoms with Gasteiger partial charge in [0, 0.05) is 36.8 Å². The third-order valence-corrected chi connectivity index (χ3v) is 5.91. The van der Waals surface area contributed by atoms with E-state index in [4.69, 9.17) is 20.2 Å². The summed E-state index contributed by atoms with van der Waals surface area (Å²) in [5, 5.41) is 9.15. The highest BCUT2D eigenvalue weighted by Crippen LogP contribution is 2.33. The lowest BCUT2D eigenvalue weighted by Crippen LogP contribution is -2.41. The SMILES string of the molecule is CCn1cc(N2C[C@H](c3nc4c(C)c(-c5ncco5)nc(N)n4n3)CC[C@@H]2C)cn1. The molecular formula is C20H25N9O. The topological polar surface area (TPSA) is 116 Å². The van der Waals surface area contributed by atoms with Gasteiger partial charge in [0.05, 0.1) is 18.1 Å². The summed E-state index contributed by atoms with van der Waals surface area (Å²) in [6.07, 6.45) is 9.23. The quantitative estimate of drug-likeness (QED) is 0.549. The van der Waals surface area contributed by atoms with Gasteiger partial charge in [0.2, 0.25) is 11.8 Å². The van der Waals surface area contributed by atoms with Crippen LogP contribution in [0.1, 0.15) is 44.0 Å². The first-order valence-corrected chi connectivity index (χ1v) is 10.3. The molecule has 5 rings (SSSR count). The summed E-state index contributed by atoms with van der Waals surface area (Å²) in [6, 6.07) is 0.442. The smallest absolute Gasteiger partial charge is 0.245 e. The van der Waals surface area contributed by atoms with Gasteiger partial charge < -0.3 is 15.1 Å². The maximum absolute atomic E-state index is 6.19. The van der Waals surface area contributed by atoms with Crippen molar-refractivity contribution in [3.05, 3.63) is 36.2 Å². The molecule has 0 unspecified atom stereocenters. The third-order valence-electron chi connectivity index (χ3n) is 5.91. The van der Waals surface area contributed by atoms with Crippen molar-refractivity contribution in [2.75, 3.05) is 17.2 Å². The van der Waals surface area contributed by atoms with Crippen molar-refractivity contribution in [1.29, 1.82) is 0 Å². The lowest BCUT2D eigenvalue weighted by Gasteiger charge is -2.37. The number of hydrogen-bond donors (Lipinski definition) is 1. The Balaban J connectivity index is 1.50. The number of nitrogens with zero attached hydrogens (tertiary/aromatic N) is 8. The zero-order valence-corrected chi connectivity index (χ0v) is 17.4. The van der Waals surface area contributed by atoms with Crippen LogP contribution in [0.3, 0.4) is 0 Å². The molecule has 0 saturated carbocycles. The van der Waals surface area contributed by atoms with Gasteiger partial charge in [0.1, 0.15) is 12.0 Å². The zero-order chi connectivity index (χ0) is 20.8. The van der Waals surface area contributed by atoms with E-state index in [1.807, 2.05) is 17.8 Å². The van der Waals surface area contributed by atoms with Crippen molar-refractivity contribution < 1.29 is 4.42 Å². The summed E-state index contributed by atoms with van der Waals surface area (Å²) in [4.78, 5) is 15.9. The minimum Gasteiger partial charge on any atom is -0.443 e. The maximum atomic E-state index is 6.19. The number of anilines is 2. The first-order valence-electron chi connectivity index (χ1n) is 10.3. The second-order valence-corrected chi connectivity index (χ2v) is 7.82. The van der Waals surface area contributed by atoms with Gasteiger partial charge in [-0.25, -0.2) is 15.0 Å². The van der Waals surface area contributed by atoms with Gasteiger partial charge in [-0.05, 0) is 33.6 Å². The molecule has 10 heteroatoms. The first-order chi connectivity index (χ1) is 14.5. The molecule has 30 heavy (non-hydrogen) atoms. The molecule has 1 saturated heterocycles. The summed E-state index contributed by atoms with van der Waals surface area (Å²) in [6.45, 7) is 7.98. The fraction of sp³-hybridized carbons (Fsp3) is 0.450. The van der Waals surface area contributed by atoms with E-state index < -0.39 is 0 Å². The molecule has 2 N–H and O–H groups in total. The Hall–Kier alpha value is -3.43. The highest BCUT2D eigenvalue weighted by Gasteiger charge is 2.30. The number of piperidine rings is 1. The number of nitrogens with two attached hydrogens (primary N) is 1. The van der Waals surface area contributed by atoms with Gasteiger partial charge >= 0.3 is 0 Å². The average Bonchev–Trinajstić information content (AvgIpc) is 3.51. The Morgan fingerprint density at radius 1 is 1.27 bits per heavy atom. The Morgan fingerprint density at radius 3 is 2.87 bits per heavy atom. The summed E-state index contributed by atoms with van der Waals surface area (Å²) in [5.74, 6) is 1.69. The minimum absolute atomic E-state index is 0.204. The van der Waals surface area contributed by atoms with Crippen molar-refractivity contribution in [2.24, 2.45) is 0 Å². The maximum Gasteiger partial charge on any atom is 0.245 e. The molecular weight excluding hydrogens is 382 g/mol. The third kappa shape index (κ3) is 2.99. The first kappa shape index (κ1) is 18.6. The van der Waals surface area contributed by atoms with Crippen molar-refractivity contribution in [1.82, 2.24) is 34.3 Å². The molecule has 156 valence electrons. The predicted octanol–water partition coefficient (Wildman–Crippen LogP) is 2.66. The molecule has 0 amide bonds. The summed E-state index contributed by atoms with van der Waals surface area (Å²) >= 11 is 0. The average molecular weight is 407 g/mol. The van der Waals surface area contributed by atoms with Crippen LogP contribution in [0.2, 0.25) is 0 Å². The van der Waals surface area contributed by atoms with Gasteiger partial charge in [0.25, 0.3) is 0 Å². The minimum atomic E-state index is 0.204. The van der Waals surface area contributed by atoms with E-state index in [1.165, 1.54) is 6.26 Å². The van der Waals surface area contributed by atoms with Crippen LogP contribution in [0.4, 0.5) is 11.6 Å². The molecule has 2 atom stereocenters. The van der Waals surface area contributed by atoms with Gasteiger partial charge in [-0.3, -0.25) is 4.68 Å². The van der Waals surface area contributed by atoms with E-state index in [2.05, 4.69) is 40.0 Å². The Kier molecular flexibility index (Phi) is 4.41. The van der Waals surface area contributed by atoms with Crippen LogP contribution in [-0.2, 0) is 6.54 Å². The van der Waals surface area contributed by atoms with E-state index in [9.17, 15) is 0 Å². The summed E-state index contributed by atoms with van der Waals surface area (Å²) in [7, 11) is 0. The standard InChI is InChI=1S/C20H25N9O/c1-4-27-11-15(9-23-27)28-10-14(6-5-12(28)2)17-25-18-13(3)16(19-22-7-8-30-19)24-20(21)29(18)26-17/h7-9,11-12,14H,4-6,10H2,1-3H3,(H2,21,24)/t12-,14+/m0/s1. The van der Waals surface area contributed by atoms with Gasteiger partial charge in [-0.1, -0.05) is 0 Å². The lowest BCUT2D eigenvalue weighted by molar-refractivity contribution is 0.426. The van der Waals surface area contributed by atoms with E-state index in [1.54, 1.807) is 10.7 Å². The molecule has 0 bridgehead atoms. The second-order valence-electron chi connectivity index (χ2n) is 7.82. The molecule has 1 aliphatic rings. The monoisotopic (exact) mass is 407 g/mol. The van der Waals surface area contributed by atoms with Crippen molar-refractivity contribution in [2.45, 2.75) is 52.1 Å². The van der Waals surface area contributed by atoms with E-state index in [-0.39, 0.29) is 11.9 Å². The number of oxazole rings is 1. The molecule has 1 aliphatic heterocycles. The van der Waals surface area contributed by atoms with Gasteiger partial charge in [-0.15, -0.1) is 5.10 Å². The Bertz CT molecular complexity index is 1180. The van der Waals surface area contributed by atoms with Crippen LogP contribution < -0.4 is 10.6 Å². The van der Waals surface area contributed by atoms with Crippen LogP contribution in [0.15, 0.2) is 29.3 Å². The Labute approximate surface area is 173 Å². The molecule has 5 heterocycles. The largest absolute Gasteiger partial charge is 0.443 e. The molecule has 4 aromatic rings. The second kappa shape index (κ2) is 7.12. The summed E-state index contributed by atoms with van der Waals surface area (Å²) in [5.41, 5.74) is 9.46. The molecule has 0 aliphatic carbocycles. The number of aromatic nitrogens is 7. The van der Waals surface area contributed by atoms with Crippen molar-refractivity contribution in [3.63, 3.8) is 0 Å². The number of rotatable bonds is 4. The van der Waals surface area contributed by atoms with Crippen LogP contribution >= 0.6 is 0 Å². The molecule has 0 spiro atoms. The molecule has 4 aromatic heterocycles. The zero-order valence-electron chi connectivity index (χ0n) is 17.4. The highest BCUT2D eigenvalue weighted by molar-refractivity contribution is 5.65. The normalized spacial score (nSPS) is 19.6. The molecule has 0 radical (unpaired) electrons. The number of fused-ring (bicyclic) bond motifs is 1. The Morgan fingerprint density at radius 2 is 2.13 bits per heavy atom. The predicted molar refractivity (Wildman–Crippen MR) is 112 cm³/mol.